The molecule has 1 aromatic carbocycles. The van der Waals surface area contributed by atoms with E-state index in [2.05, 4.69) is 15.2 Å². The van der Waals surface area contributed by atoms with Crippen molar-refractivity contribution in [3.63, 3.8) is 0 Å². The quantitative estimate of drug-likeness (QED) is 0.712. The lowest BCUT2D eigenvalue weighted by atomic mass is 10.2. The zero-order chi connectivity index (χ0) is 13.2. The second-order valence-electron chi connectivity index (χ2n) is 4.11. The summed E-state index contributed by atoms with van der Waals surface area (Å²) in [7, 11) is 0. The zero-order valence-corrected chi connectivity index (χ0v) is 10.9. The molecule has 0 unspecified atom stereocenters. The van der Waals surface area contributed by atoms with Gasteiger partial charge < -0.3 is 4.42 Å². The maximum atomic E-state index is 5.84. The molecular formula is C14H10ClN3O. The van der Waals surface area contributed by atoms with Crippen LogP contribution < -0.4 is 0 Å². The van der Waals surface area contributed by atoms with Crippen LogP contribution in [0.5, 0.6) is 0 Å². The van der Waals surface area contributed by atoms with Crippen molar-refractivity contribution in [2.45, 2.75) is 6.92 Å². The maximum absolute atomic E-state index is 5.84. The van der Waals surface area contributed by atoms with E-state index < -0.39 is 0 Å². The zero-order valence-electron chi connectivity index (χ0n) is 10.2. The Morgan fingerprint density at radius 3 is 2.16 bits per heavy atom. The Morgan fingerprint density at radius 2 is 1.53 bits per heavy atom. The molecule has 2 heterocycles. The van der Waals surface area contributed by atoms with Crippen LogP contribution in [0.3, 0.4) is 0 Å². The van der Waals surface area contributed by atoms with Crippen molar-refractivity contribution in [2.24, 2.45) is 0 Å². The standard InChI is InChI=1S/C14H10ClN3O/c1-9-2-3-11(8-16-9)14-18-17-13(19-14)10-4-6-12(15)7-5-10/h2-8H,1H3. The molecule has 0 spiro atoms. The molecular weight excluding hydrogens is 262 g/mol. The van der Waals surface area contributed by atoms with E-state index in [0.29, 0.717) is 16.8 Å². The van der Waals surface area contributed by atoms with Gasteiger partial charge in [0.1, 0.15) is 0 Å². The van der Waals surface area contributed by atoms with E-state index >= 15 is 0 Å². The van der Waals surface area contributed by atoms with Crippen LogP contribution in [-0.2, 0) is 0 Å². The molecule has 94 valence electrons. The number of pyridine rings is 1. The molecule has 4 nitrogen and oxygen atoms in total. The van der Waals surface area contributed by atoms with Gasteiger partial charge in [0.25, 0.3) is 0 Å². The van der Waals surface area contributed by atoms with E-state index in [9.17, 15) is 0 Å². The van der Waals surface area contributed by atoms with Gasteiger partial charge >= 0.3 is 0 Å². The van der Waals surface area contributed by atoms with E-state index in [-0.39, 0.29) is 0 Å². The lowest BCUT2D eigenvalue weighted by Gasteiger charge is -1.96. The number of rotatable bonds is 2. The molecule has 3 rings (SSSR count). The first kappa shape index (κ1) is 11.9. The smallest absolute Gasteiger partial charge is 0.249 e. The molecule has 0 fully saturated rings. The number of benzene rings is 1. The third-order valence-electron chi connectivity index (χ3n) is 2.67. The Balaban J connectivity index is 1.95. The van der Waals surface area contributed by atoms with Gasteiger partial charge in [-0.05, 0) is 43.3 Å². The minimum absolute atomic E-state index is 0.456. The number of aryl methyl sites for hydroxylation is 1. The minimum atomic E-state index is 0.456. The summed E-state index contributed by atoms with van der Waals surface area (Å²) in [6.45, 7) is 1.93. The Hall–Kier alpha value is -2.20. The molecule has 5 heteroatoms. The normalized spacial score (nSPS) is 10.6. The molecule has 0 atom stereocenters. The van der Waals surface area contributed by atoms with E-state index in [1.165, 1.54) is 0 Å². The van der Waals surface area contributed by atoms with Crippen LogP contribution in [-0.4, -0.2) is 15.2 Å². The van der Waals surface area contributed by atoms with Crippen LogP contribution in [0.1, 0.15) is 5.69 Å². The van der Waals surface area contributed by atoms with Crippen molar-refractivity contribution in [2.75, 3.05) is 0 Å². The van der Waals surface area contributed by atoms with Gasteiger partial charge in [0.2, 0.25) is 11.8 Å². The van der Waals surface area contributed by atoms with Crippen LogP contribution in [0.25, 0.3) is 22.9 Å². The van der Waals surface area contributed by atoms with Crippen LogP contribution in [0.15, 0.2) is 47.0 Å². The van der Waals surface area contributed by atoms with Gasteiger partial charge in [0, 0.05) is 22.5 Å². The molecule has 0 saturated carbocycles. The summed E-state index contributed by atoms with van der Waals surface area (Å²) in [5.74, 6) is 0.921. The molecule has 0 bridgehead atoms. The average Bonchev–Trinajstić information content (AvgIpc) is 2.90. The van der Waals surface area contributed by atoms with Crippen molar-refractivity contribution in [3.8, 4) is 22.9 Å². The molecule has 0 amide bonds. The number of hydrogen-bond acceptors (Lipinski definition) is 4. The summed E-state index contributed by atoms with van der Waals surface area (Å²) in [6.07, 6.45) is 1.72. The van der Waals surface area contributed by atoms with Crippen molar-refractivity contribution >= 4 is 11.6 Å². The van der Waals surface area contributed by atoms with Crippen molar-refractivity contribution in [1.29, 1.82) is 0 Å². The van der Waals surface area contributed by atoms with Gasteiger partial charge in [-0.2, -0.15) is 0 Å². The molecule has 0 radical (unpaired) electrons. The summed E-state index contributed by atoms with van der Waals surface area (Å²) >= 11 is 5.84. The minimum Gasteiger partial charge on any atom is -0.416 e. The van der Waals surface area contributed by atoms with E-state index in [0.717, 1.165) is 16.8 Å². The average molecular weight is 272 g/mol. The topological polar surface area (TPSA) is 51.8 Å². The molecule has 0 aliphatic rings. The third kappa shape index (κ3) is 2.48. The second-order valence-corrected chi connectivity index (χ2v) is 4.54. The van der Waals surface area contributed by atoms with Gasteiger partial charge in [-0.1, -0.05) is 11.6 Å². The Kier molecular flexibility index (Phi) is 3.01. The van der Waals surface area contributed by atoms with Gasteiger partial charge in [-0.25, -0.2) is 0 Å². The lowest BCUT2D eigenvalue weighted by Crippen LogP contribution is -1.82. The highest BCUT2D eigenvalue weighted by atomic mass is 35.5. The van der Waals surface area contributed by atoms with Crippen LogP contribution in [0.4, 0.5) is 0 Å². The van der Waals surface area contributed by atoms with E-state index in [4.69, 9.17) is 16.0 Å². The summed E-state index contributed by atoms with van der Waals surface area (Å²) in [5.41, 5.74) is 2.59. The highest BCUT2D eigenvalue weighted by Crippen LogP contribution is 2.24. The Morgan fingerprint density at radius 1 is 0.895 bits per heavy atom. The van der Waals surface area contributed by atoms with Crippen molar-refractivity contribution in [3.05, 3.63) is 53.3 Å². The lowest BCUT2D eigenvalue weighted by molar-refractivity contribution is 0.584. The summed E-state index contributed by atoms with van der Waals surface area (Å²) in [4.78, 5) is 4.20. The Bertz CT molecular complexity index is 629. The number of hydrogen-bond donors (Lipinski definition) is 0. The number of nitrogens with zero attached hydrogens (tertiary/aromatic N) is 3. The molecule has 19 heavy (non-hydrogen) atoms. The predicted octanol–water partition coefficient (Wildman–Crippen LogP) is 3.76. The van der Waals surface area contributed by atoms with Gasteiger partial charge in [-0.15, -0.1) is 10.2 Å². The van der Waals surface area contributed by atoms with Crippen molar-refractivity contribution in [1.82, 2.24) is 15.2 Å². The molecule has 2 aromatic heterocycles. The highest BCUT2D eigenvalue weighted by molar-refractivity contribution is 6.30. The summed E-state index contributed by atoms with van der Waals surface area (Å²) in [5, 5.41) is 8.73. The molecule has 0 aliphatic carbocycles. The molecule has 0 saturated heterocycles. The van der Waals surface area contributed by atoms with Gasteiger partial charge in [-0.3, -0.25) is 4.98 Å². The summed E-state index contributed by atoms with van der Waals surface area (Å²) in [6, 6.07) is 11.1. The SMILES string of the molecule is Cc1ccc(-c2nnc(-c3ccc(Cl)cc3)o2)cn1. The van der Waals surface area contributed by atoms with E-state index in [1.54, 1.807) is 18.3 Å². The fourth-order valence-electron chi connectivity index (χ4n) is 1.64. The van der Waals surface area contributed by atoms with Gasteiger partial charge in [0.05, 0.1) is 5.56 Å². The molecule has 3 aromatic rings. The fraction of sp³-hybridized carbons (Fsp3) is 0.0714. The van der Waals surface area contributed by atoms with E-state index in [1.807, 2.05) is 31.2 Å². The Labute approximate surface area is 115 Å². The first-order valence-corrected chi connectivity index (χ1v) is 6.12. The monoisotopic (exact) mass is 271 g/mol. The highest BCUT2D eigenvalue weighted by Gasteiger charge is 2.10. The number of halogens is 1. The fourth-order valence-corrected chi connectivity index (χ4v) is 1.77. The van der Waals surface area contributed by atoms with Crippen LogP contribution in [0, 0.1) is 6.92 Å². The summed E-state index contributed by atoms with van der Waals surface area (Å²) < 4.78 is 5.63. The maximum Gasteiger partial charge on any atom is 0.249 e. The largest absolute Gasteiger partial charge is 0.416 e. The predicted molar refractivity (Wildman–Crippen MR) is 72.7 cm³/mol. The molecule has 0 aliphatic heterocycles. The second kappa shape index (κ2) is 4.82. The molecule has 0 N–H and O–H groups in total. The first-order valence-electron chi connectivity index (χ1n) is 5.75. The van der Waals surface area contributed by atoms with Crippen molar-refractivity contribution < 1.29 is 4.42 Å². The van der Waals surface area contributed by atoms with Crippen LogP contribution >= 0.6 is 11.6 Å². The van der Waals surface area contributed by atoms with Crippen LogP contribution in [0.2, 0.25) is 5.02 Å². The van der Waals surface area contributed by atoms with Gasteiger partial charge in [0.15, 0.2) is 0 Å². The number of aromatic nitrogens is 3. The first-order chi connectivity index (χ1) is 9.22. The third-order valence-corrected chi connectivity index (χ3v) is 2.93.